The highest BCUT2D eigenvalue weighted by Crippen LogP contribution is 2.18. The third-order valence-electron chi connectivity index (χ3n) is 1.91. The summed E-state index contributed by atoms with van der Waals surface area (Å²) >= 11 is 3.26. The van der Waals surface area contributed by atoms with Crippen molar-refractivity contribution in [3.8, 4) is 0 Å². The fourth-order valence-electron chi connectivity index (χ4n) is 1.09. The second-order valence-corrected chi connectivity index (χ2v) is 4.20. The molecule has 1 aromatic carbocycles. The zero-order chi connectivity index (χ0) is 11.4. The van der Waals surface area contributed by atoms with Crippen LogP contribution in [0.15, 0.2) is 22.7 Å². The van der Waals surface area contributed by atoms with Gasteiger partial charge in [0.1, 0.15) is 0 Å². The Morgan fingerprint density at radius 1 is 1.67 bits per heavy atom. The largest absolute Gasteiger partial charge is 0.398 e. The Balaban J connectivity index is 2.82. The van der Waals surface area contributed by atoms with Crippen LogP contribution in [0.5, 0.6) is 0 Å². The van der Waals surface area contributed by atoms with Crippen molar-refractivity contribution in [1.29, 1.82) is 0 Å². The molecule has 0 unspecified atom stereocenters. The highest BCUT2D eigenvalue weighted by molar-refractivity contribution is 9.10. The number of anilines is 1. The molecule has 0 heterocycles. The van der Waals surface area contributed by atoms with E-state index in [1.807, 2.05) is 0 Å². The third-order valence-corrected chi connectivity index (χ3v) is 2.40. The Bertz CT molecular complexity index is 368. The first-order valence-electron chi connectivity index (χ1n) is 4.51. The van der Waals surface area contributed by atoms with Gasteiger partial charge in [0.25, 0.3) is 5.91 Å². The van der Waals surface area contributed by atoms with Crippen LogP contribution in [0, 0.1) is 0 Å². The number of carbonyl (C=O) groups is 1. The summed E-state index contributed by atoms with van der Waals surface area (Å²) in [6.07, 6.45) is 0. The van der Waals surface area contributed by atoms with E-state index in [0.717, 1.165) is 4.47 Å². The van der Waals surface area contributed by atoms with E-state index in [0.29, 0.717) is 11.3 Å². The monoisotopic (exact) mass is 272 g/mol. The minimum absolute atomic E-state index is 0.0951. The van der Waals surface area contributed by atoms with Crippen LogP contribution in [-0.2, 0) is 0 Å². The molecule has 1 atom stereocenters. The molecule has 5 heteroatoms. The van der Waals surface area contributed by atoms with Crippen LogP contribution in [0.25, 0.3) is 0 Å². The van der Waals surface area contributed by atoms with Crippen molar-refractivity contribution < 1.29 is 9.90 Å². The number of nitrogen functional groups attached to an aromatic ring is 1. The summed E-state index contributed by atoms with van der Waals surface area (Å²) in [5, 5.41) is 11.4. The number of nitrogens with one attached hydrogen (secondary N) is 1. The van der Waals surface area contributed by atoms with Gasteiger partial charge in [0.05, 0.1) is 12.2 Å². The summed E-state index contributed by atoms with van der Waals surface area (Å²) in [5.74, 6) is -0.276. The fraction of sp³-hybridized carbons (Fsp3) is 0.300. The smallest absolute Gasteiger partial charge is 0.253 e. The van der Waals surface area contributed by atoms with E-state index in [4.69, 9.17) is 10.8 Å². The zero-order valence-electron chi connectivity index (χ0n) is 8.33. The molecular weight excluding hydrogens is 260 g/mol. The van der Waals surface area contributed by atoms with Gasteiger partial charge in [-0.15, -0.1) is 0 Å². The Labute approximate surface area is 96.6 Å². The maximum absolute atomic E-state index is 11.6. The average Bonchev–Trinajstić information content (AvgIpc) is 2.17. The molecular formula is C10H13BrN2O2. The van der Waals surface area contributed by atoms with Crippen LogP contribution in [0.4, 0.5) is 5.69 Å². The molecule has 0 aromatic heterocycles. The Kier molecular flexibility index (Phi) is 4.11. The van der Waals surface area contributed by atoms with E-state index in [2.05, 4.69) is 21.2 Å². The van der Waals surface area contributed by atoms with Crippen molar-refractivity contribution in [3.05, 3.63) is 28.2 Å². The molecule has 4 N–H and O–H groups in total. The van der Waals surface area contributed by atoms with Crippen molar-refractivity contribution in [1.82, 2.24) is 5.32 Å². The number of hydrogen-bond donors (Lipinski definition) is 3. The van der Waals surface area contributed by atoms with Crippen LogP contribution in [0.2, 0.25) is 0 Å². The van der Waals surface area contributed by atoms with Crippen molar-refractivity contribution in [2.24, 2.45) is 0 Å². The summed E-state index contributed by atoms with van der Waals surface area (Å²) in [6, 6.07) is 4.77. The normalized spacial score (nSPS) is 12.2. The van der Waals surface area contributed by atoms with E-state index < -0.39 is 0 Å². The molecule has 0 saturated carbocycles. The van der Waals surface area contributed by atoms with E-state index in [1.165, 1.54) is 0 Å². The minimum atomic E-state index is -0.277. The first-order valence-corrected chi connectivity index (χ1v) is 5.30. The number of halogens is 1. The standard InChI is InChI=1S/C10H13BrN2O2/c1-6(5-14)13-10(15)8-3-2-7(11)4-9(8)12/h2-4,6,14H,5,12H2,1H3,(H,13,15)/t6-/m1/s1. The minimum Gasteiger partial charge on any atom is -0.398 e. The van der Waals surface area contributed by atoms with Gasteiger partial charge in [-0.25, -0.2) is 0 Å². The molecule has 1 rings (SSSR count). The van der Waals surface area contributed by atoms with Crippen LogP contribution in [-0.4, -0.2) is 23.7 Å². The first kappa shape index (κ1) is 12.0. The number of aliphatic hydroxyl groups is 1. The predicted octanol–water partition coefficient (Wildman–Crippen LogP) is 1.14. The zero-order valence-corrected chi connectivity index (χ0v) is 9.91. The molecule has 0 bridgehead atoms. The average molecular weight is 273 g/mol. The van der Waals surface area contributed by atoms with Gasteiger partial charge in [-0.05, 0) is 25.1 Å². The summed E-state index contributed by atoms with van der Waals surface area (Å²) in [6.45, 7) is 1.62. The fourth-order valence-corrected chi connectivity index (χ4v) is 1.47. The Morgan fingerprint density at radius 2 is 2.33 bits per heavy atom. The van der Waals surface area contributed by atoms with Gasteiger partial charge < -0.3 is 16.2 Å². The molecule has 0 fully saturated rings. The lowest BCUT2D eigenvalue weighted by molar-refractivity contribution is 0.0923. The number of aliphatic hydroxyl groups excluding tert-OH is 1. The maximum atomic E-state index is 11.6. The summed E-state index contributed by atoms with van der Waals surface area (Å²) in [5.41, 5.74) is 6.51. The molecule has 1 aromatic rings. The lowest BCUT2D eigenvalue weighted by atomic mass is 10.1. The molecule has 0 aliphatic carbocycles. The second-order valence-electron chi connectivity index (χ2n) is 3.29. The lowest BCUT2D eigenvalue weighted by Crippen LogP contribution is -2.35. The van der Waals surface area contributed by atoms with Gasteiger partial charge in [0.2, 0.25) is 0 Å². The Morgan fingerprint density at radius 3 is 2.87 bits per heavy atom. The maximum Gasteiger partial charge on any atom is 0.253 e. The van der Waals surface area contributed by atoms with Crippen LogP contribution in [0.1, 0.15) is 17.3 Å². The van der Waals surface area contributed by atoms with Gasteiger partial charge in [-0.3, -0.25) is 4.79 Å². The number of rotatable bonds is 3. The second kappa shape index (κ2) is 5.14. The quantitative estimate of drug-likeness (QED) is 0.723. The van der Waals surface area contributed by atoms with E-state index in [-0.39, 0.29) is 18.6 Å². The molecule has 82 valence electrons. The van der Waals surface area contributed by atoms with Crippen molar-refractivity contribution >= 4 is 27.5 Å². The number of amides is 1. The number of carbonyl (C=O) groups excluding carboxylic acids is 1. The van der Waals surface area contributed by atoms with Gasteiger partial charge in [-0.1, -0.05) is 15.9 Å². The van der Waals surface area contributed by atoms with E-state index in [9.17, 15) is 4.79 Å². The lowest BCUT2D eigenvalue weighted by Gasteiger charge is -2.12. The summed E-state index contributed by atoms with van der Waals surface area (Å²) in [4.78, 5) is 11.6. The van der Waals surface area contributed by atoms with Gasteiger partial charge in [0.15, 0.2) is 0 Å². The molecule has 0 saturated heterocycles. The third kappa shape index (κ3) is 3.21. The van der Waals surface area contributed by atoms with Gasteiger partial charge in [0, 0.05) is 16.2 Å². The SMILES string of the molecule is C[C@H](CO)NC(=O)c1ccc(Br)cc1N. The van der Waals surface area contributed by atoms with Crippen LogP contribution >= 0.6 is 15.9 Å². The summed E-state index contributed by atoms with van der Waals surface area (Å²) in [7, 11) is 0. The first-order chi connectivity index (χ1) is 7.04. The number of benzene rings is 1. The Hall–Kier alpha value is -1.07. The molecule has 0 spiro atoms. The van der Waals surface area contributed by atoms with Gasteiger partial charge in [-0.2, -0.15) is 0 Å². The molecule has 0 radical (unpaired) electrons. The van der Waals surface area contributed by atoms with E-state index >= 15 is 0 Å². The van der Waals surface area contributed by atoms with Crippen LogP contribution < -0.4 is 11.1 Å². The highest BCUT2D eigenvalue weighted by Gasteiger charge is 2.11. The van der Waals surface area contributed by atoms with Crippen LogP contribution in [0.3, 0.4) is 0 Å². The van der Waals surface area contributed by atoms with Crippen molar-refractivity contribution in [3.63, 3.8) is 0 Å². The van der Waals surface area contributed by atoms with Crippen molar-refractivity contribution in [2.75, 3.05) is 12.3 Å². The van der Waals surface area contributed by atoms with Crippen molar-refractivity contribution in [2.45, 2.75) is 13.0 Å². The molecule has 0 aliphatic rings. The van der Waals surface area contributed by atoms with E-state index in [1.54, 1.807) is 25.1 Å². The molecule has 0 aliphatic heterocycles. The summed E-state index contributed by atoms with van der Waals surface area (Å²) < 4.78 is 0.826. The predicted molar refractivity (Wildman–Crippen MR) is 62.6 cm³/mol. The number of nitrogens with two attached hydrogens (primary N) is 1. The highest BCUT2D eigenvalue weighted by atomic mass is 79.9. The molecule has 1 amide bonds. The molecule has 15 heavy (non-hydrogen) atoms. The topological polar surface area (TPSA) is 75.3 Å². The van der Waals surface area contributed by atoms with Gasteiger partial charge >= 0.3 is 0 Å². The molecule has 4 nitrogen and oxygen atoms in total. The number of hydrogen-bond acceptors (Lipinski definition) is 3.